The van der Waals surface area contributed by atoms with Gasteiger partial charge in [-0.1, -0.05) is 18.5 Å². The van der Waals surface area contributed by atoms with Crippen molar-refractivity contribution in [3.8, 4) is 0 Å². The predicted octanol–water partition coefficient (Wildman–Crippen LogP) is 2.82. The monoisotopic (exact) mass is 253 g/mol. The largest absolute Gasteiger partial charge is 0.399 e. The lowest BCUT2D eigenvalue weighted by molar-refractivity contribution is 0.277. The van der Waals surface area contributed by atoms with Gasteiger partial charge in [0.25, 0.3) is 0 Å². The van der Waals surface area contributed by atoms with Crippen LogP contribution in [0.5, 0.6) is 0 Å². The highest BCUT2D eigenvalue weighted by Crippen LogP contribution is 2.25. The zero-order valence-electron chi connectivity index (χ0n) is 10.2. The molecule has 1 atom stereocenters. The van der Waals surface area contributed by atoms with E-state index < -0.39 is 0 Å². The van der Waals surface area contributed by atoms with Crippen molar-refractivity contribution < 1.29 is 0 Å². The van der Waals surface area contributed by atoms with Gasteiger partial charge in [-0.25, -0.2) is 0 Å². The lowest BCUT2D eigenvalue weighted by Gasteiger charge is -2.23. The summed E-state index contributed by atoms with van der Waals surface area (Å²) in [5.41, 5.74) is 7.35. The number of anilines is 2. The Morgan fingerprint density at radius 2 is 2.35 bits per heavy atom. The topological polar surface area (TPSA) is 41.3 Å². The number of nitrogens with zero attached hydrogens (tertiary/aromatic N) is 1. The molecule has 0 aliphatic carbocycles. The Balaban J connectivity index is 1.93. The van der Waals surface area contributed by atoms with Gasteiger partial charge in [0, 0.05) is 18.3 Å². The standard InChI is InChI=1S/C13H20ClN3/c1-2-17-7-3-4-11(17)9-16-13-6-5-10(15)8-12(13)14/h5-6,8,11,16H,2-4,7,9,15H2,1H3. The van der Waals surface area contributed by atoms with Gasteiger partial charge in [0.05, 0.1) is 10.7 Å². The van der Waals surface area contributed by atoms with E-state index in [-0.39, 0.29) is 0 Å². The highest BCUT2D eigenvalue weighted by molar-refractivity contribution is 6.33. The van der Waals surface area contributed by atoms with Crippen LogP contribution < -0.4 is 11.1 Å². The molecule has 1 aromatic carbocycles. The van der Waals surface area contributed by atoms with Crippen LogP contribution in [0.1, 0.15) is 19.8 Å². The number of halogens is 1. The Bertz CT molecular complexity index is 381. The molecule has 0 spiro atoms. The first-order valence-corrected chi connectivity index (χ1v) is 6.61. The molecular formula is C13H20ClN3. The molecule has 0 saturated carbocycles. The average molecular weight is 254 g/mol. The smallest absolute Gasteiger partial charge is 0.0657 e. The first-order valence-electron chi connectivity index (χ1n) is 6.23. The number of rotatable bonds is 4. The van der Waals surface area contributed by atoms with Crippen molar-refractivity contribution in [1.29, 1.82) is 0 Å². The number of nitrogen functional groups attached to an aromatic ring is 1. The maximum Gasteiger partial charge on any atom is 0.0657 e. The molecule has 3 nitrogen and oxygen atoms in total. The van der Waals surface area contributed by atoms with Crippen LogP contribution in [-0.2, 0) is 0 Å². The van der Waals surface area contributed by atoms with E-state index in [1.54, 1.807) is 6.07 Å². The van der Waals surface area contributed by atoms with Gasteiger partial charge in [0.15, 0.2) is 0 Å². The molecule has 1 aromatic rings. The van der Waals surface area contributed by atoms with Crippen LogP contribution in [0.4, 0.5) is 11.4 Å². The molecule has 1 aliphatic rings. The molecule has 94 valence electrons. The fourth-order valence-corrected chi connectivity index (χ4v) is 2.70. The van der Waals surface area contributed by atoms with Gasteiger partial charge >= 0.3 is 0 Å². The van der Waals surface area contributed by atoms with Crippen molar-refractivity contribution in [3.63, 3.8) is 0 Å². The summed E-state index contributed by atoms with van der Waals surface area (Å²) in [5.74, 6) is 0. The third-order valence-corrected chi connectivity index (χ3v) is 3.74. The quantitative estimate of drug-likeness (QED) is 0.811. The van der Waals surface area contributed by atoms with Gasteiger partial charge in [0.2, 0.25) is 0 Å². The molecule has 3 N–H and O–H groups in total. The van der Waals surface area contributed by atoms with Crippen molar-refractivity contribution >= 4 is 23.0 Å². The van der Waals surface area contributed by atoms with Crippen molar-refractivity contribution in [2.75, 3.05) is 30.7 Å². The summed E-state index contributed by atoms with van der Waals surface area (Å²) in [6, 6.07) is 6.24. The molecule has 1 fully saturated rings. The Kier molecular flexibility index (Phi) is 4.13. The fourth-order valence-electron chi connectivity index (χ4n) is 2.45. The van der Waals surface area contributed by atoms with Crippen LogP contribution in [0.15, 0.2) is 18.2 Å². The van der Waals surface area contributed by atoms with Crippen LogP contribution in [0, 0.1) is 0 Å². The number of hydrogen-bond donors (Lipinski definition) is 2. The van der Waals surface area contributed by atoms with Crippen LogP contribution in [0.2, 0.25) is 5.02 Å². The molecule has 17 heavy (non-hydrogen) atoms. The fraction of sp³-hybridized carbons (Fsp3) is 0.538. The number of nitrogens with two attached hydrogens (primary N) is 1. The van der Waals surface area contributed by atoms with E-state index in [0.29, 0.717) is 16.8 Å². The maximum atomic E-state index is 6.13. The molecule has 0 bridgehead atoms. The van der Waals surface area contributed by atoms with Gasteiger partial charge in [-0.15, -0.1) is 0 Å². The third-order valence-electron chi connectivity index (χ3n) is 3.43. The average Bonchev–Trinajstić information content (AvgIpc) is 2.75. The van der Waals surface area contributed by atoms with E-state index in [0.717, 1.165) is 18.8 Å². The van der Waals surface area contributed by atoms with E-state index in [1.165, 1.54) is 19.4 Å². The zero-order chi connectivity index (χ0) is 12.3. The second-order valence-corrected chi connectivity index (χ2v) is 4.95. The summed E-state index contributed by atoms with van der Waals surface area (Å²) in [7, 11) is 0. The van der Waals surface area contributed by atoms with E-state index >= 15 is 0 Å². The summed E-state index contributed by atoms with van der Waals surface area (Å²) in [6.45, 7) is 5.52. The summed E-state index contributed by atoms with van der Waals surface area (Å²) < 4.78 is 0. The van der Waals surface area contributed by atoms with Crippen molar-refractivity contribution in [3.05, 3.63) is 23.2 Å². The lowest BCUT2D eigenvalue weighted by Crippen LogP contribution is -2.34. The third kappa shape index (κ3) is 3.05. The molecule has 4 heteroatoms. The maximum absolute atomic E-state index is 6.13. The minimum atomic E-state index is 0.633. The highest BCUT2D eigenvalue weighted by atomic mass is 35.5. The van der Waals surface area contributed by atoms with E-state index in [2.05, 4.69) is 17.1 Å². The lowest BCUT2D eigenvalue weighted by atomic mass is 10.2. The number of hydrogen-bond acceptors (Lipinski definition) is 3. The summed E-state index contributed by atoms with van der Waals surface area (Å²) in [6.07, 6.45) is 2.57. The number of benzene rings is 1. The van der Waals surface area contributed by atoms with Crippen molar-refractivity contribution in [2.45, 2.75) is 25.8 Å². The Hall–Kier alpha value is -0.930. The van der Waals surface area contributed by atoms with E-state index in [9.17, 15) is 0 Å². The second-order valence-electron chi connectivity index (χ2n) is 4.54. The van der Waals surface area contributed by atoms with E-state index in [4.69, 9.17) is 17.3 Å². The van der Waals surface area contributed by atoms with Crippen LogP contribution in [-0.4, -0.2) is 30.6 Å². The minimum absolute atomic E-state index is 0.633. The first-order chi connectivity index (χ1) is 8.20. The number of likely N-dealkylation sites (tertiary alicyclic amines) is 1. The Morgan fingerprint density at radius 3 is 3.06 bits per heavy atom. The van der Waals surface area contributed by atoms with Crippen LogP contribution >= 0.6 is 11.6 Å². The highest BCUT2D eigenvalue weighted by Gasteiger charge is 2.22. The van der Waals surface area contributed by atoms with Crippen molar-refractivity contribution in [1.82, 2.24) is 4.90 Å². The minimum Gasteiger partial charge on any atom is -0.399 e. The summed E-state index contributed by atoms with van der Waals surface area (Å²) in [4.78, 5) is 2.51. The molecule has 0 amide bonds. The number of nitrogens with one attached hydrogen (secondary N) is 1. The van der Waals surface area contributed by atoms with Gasteiger partial charge in [-0.3, -0.25) is 4.90 Å². The molecular weight excluding hydrogens is 234 g/mol. The van der Waals surface area contributed by atoms with Crippen molar-refractivity contribution in [2.24, 2.45) is 0 Å². The molecule has 0 radical (unpaired) electrons. The summed E-state index contributed by atoms with van der Waals surface area (Å²) >= 11 is 6.13. The van der Waals surface area contributed by atoms with Gasteiger partial charge < -0.3 is 11.1 Å². The van der Waals surface area contributed by atoms with Crippen LogP contribution in [0.3, 0.4) is 0 Å². The molecule has 2 rings (SSSR count). The van der Waals surface area contributed by atoms with Gasteiger partial charge in [-0.2, -0.15) is 0 Å². The SMILES string of the molecule is CCN1CCCC1CNc1ccc(N)cc1Cl. The molecule has 1 aliphatic heterocycles. The normalized spacial score (nSPS) is 20.7. The predicted molar refractivity (Wildman–Crippen MR) is 74.6 cm³/mol. The summed E-state index contributed by atoms with van der Waals surface area (Å²) in [5, 5.41) is 4.12. The second kappa shape index (κ2) is 5.61. The van der Waals surface area contributed by atoms with E-state index in [1.807, 2.05) is 12.1 Å². The van der Waals surface area contributed by atoms with Gasteiger partial charge in [-0.05, 0) is 44.1 Å². The first kappa shape index (κ1) is 12.5. The molecule has 1 saturated heterocycles. The molecule has 1 unspecified atom stereocenters. The number of likely N-dealkylation sites (N-methyl/N-ethyl adjacent to an activating group) is 1. The zero-order valence-corrected chi connectivity index (χ0v) is 11.0. The molecule has 0 aromatic heterocycles. The van der Waals surface area contributed by atoms with Crippen LogP contribution in [0.25, 0.3) is 0 Å². The molecule has 1 heterocycles. The Labute approximate surface area is 108 Å². The van der Waals surface area contributed by atoms with Gasteiger partial charge in [0.1, 0.15) is 0 Å². The Morgan fingerprint density at radius 1 is 1.53 bits per heavy atom.